The van der Waals surface area contributed by atoms with Gasteiger partial charge >= 0.3 is 5.97 Å². The summed E-state index contributed by atoms with van der Waals surface area (Å²) < 4.78 is 5.99. The van der Waals surface area contributed by atoms with E-state index < -0.39 is 0 Å². The molecule has 2 nitrogen and oxygen atoms in total. The van der Waals surface area contributed by atoms with Crippen molar-refractivity contribution in [2.24, 2.45) is 46.3 Å². The maximum atomic E-state index is 12.9. The lowest BCUT2D eigenvalue weighted by Crippen LogP contribution is -2.51. The zero-order valence-corrected chi connectivity index (χ0v) is 25.7. The number of esters is 1. The van der Waals surface area contributed by atoms with Crippen molar-refractivity contribution in [1.82, 2.24) is 0 Å². The summed E-state index contributed by atoms with van der Waals surface area (Å²) in [5.41, 5.74) is 2.73. The van der Waals surface area contributed by atoms with Crippen molar-refractivity contribution >= 4 is 29.2 Å². The Labute approximate surface area is 241 Å². The van der Waals surface area contributed by atoms with Crippen LogP contribution in [0.5, 0.6) is 0 Å². The molecule has 0 heterocycles. The monoisotopic (exact) mass is 558 g/mol. The van der Waals surface area contributed by atoms with Crippen LogP contribution in [0.15, 0.2) is 29.8 Å². The fourth-order valence-corrected chi connectivity index (χ4v) is 10.1. The Bertz CT molecular complexity index is 1060. The molecule has 4 aliphatic rings. The minimum absolute atomic E-state index is 0.0680. The van der Waals surface area contributed by atoms with Crippen LogP contribution in [0.25, 0.3) is 0 Å². The Morgan fingerprint density at radius 1 is 1.03 bits per heavy atom. The maximum Gasteiger partial charge on any atom is 0.339 e. The molecule has 0 amide bonds. The number of rotatable bonds is 7. The Balaban J connectivity index is 1.25. The standard InChI is InChI=1S/C34H48Cl2O2/c1-21(2)7-6-8-22(3)28-13-14-29-26-11-9-23-19-25(38-32(37)27-12-10-24(35)20-31(27)36)15-17-33(23,4)30(26)16-18-34(28,29)5/h9-10,12,20-22,25-26,28-30H,6-8,11,13-19H2,1-5H3/t22-,25+,26-,28-,29-,30+,33+,34-/m1/s1. The first kappa shape index (κ1) is 28.5. The van der Waals surface area contributed by atoms with Gasteiger partial charge in [-0.3, -0.25) is 0 Å². The fourth-order valence-electron chi connectivity index (χ4n) is 9.62. The Hall–Kier alpha value is -0.990. The SMILES string of the molecule is CC(C)CCC[C@@H](C)[C@H]1CC[C@@H]2[C@H]3CC=C4C[C@@H](OC(=O)c5ccc(Cl)cc5Cl)CC[C@]4(C)[C@H]3CC[C@@]21C. The first-order chi connectivity index (χ1) is 18.0. The third kappa shape index (κ3) is 5.23. The Kier molecular flexibility index (Phi) is 8.35. The van der Waals surface area contributed by atoms with Crippen molar-refractivity contribution in [1.29, 1.82) is 0 Å². The average Bonchev–Trinajstić information content (AvgIpc) is 3.21. The second-order valence-corrected chi connectivity index (χ2v) is 15.0. The molecule has 0 unspecified atom stereocenters. The largest absolute Gasteiger partial charge is 0.458 e. The topological polar surface area (TPSA) is 26.3 Å². The van der Waals surface area contributed by atoms with Gasteiger partial charge in [-0.15, -0.1) is 0 Å². The van der Waals surface area contributed by atoms with E-state index in [1.54, 1.807) is 23.8 Å². The van der Waals surface area contributed by atoms with Gasteiger partial charge in [-0.25, -0.2) is 4.79 Å². The second-order valence-electron chi connectivity index (χ2n) is 14.2. The number of carbonyl (C=O) groups is 1. The van der Waals surface area contributed by atoms with Crippen molar-refractivity contribution in [2.45, 2.75) is 111 Å². The number of allylic oxidation sites excluding steroid dienone is 1. The van der Waals surface area contributed by atoms with Crippen LogP contribution in [0.4, 0.5) is 0 Å². The van der Waals surface area contributed by atoms with Gasteiger partial charge in [-0.05, 0) is 109 Å². The number of fused-ring (bicyclic) bond motifs is 5. The van der Waals surface area contributed by atoms with E-state index in [9.17, 15) is 4.79 Å². The predicted octanol–water partition coefficient (Wildman–Crippen LogP) is 10.6. The van der Waals surface area contributed by atoms with Gasteiger partial charge in [-0.1, -0.05) is 88.7 Å². The lowest BCUT2D eigenvalue weighted by molar-refractivity contribution is -0.0594. The quantitative estimate of drug-likeness (QED) is 0.245. The van der Waals surface area contributed by atoms with Gasteiger partial charge in [-0.2, -0.15) is 0 Å². The van der Waals surface area contributed by atoms with Crippen LogP contribution in [0.3, 0.4) is 0 Å². The third-order valence-electron chi connectivity index (χ3n) is 11.7. The van der Waals surface area contributed by atoms with Crippen molar-refractivity contribution in [3.05, 3.63) is 45.5 Å². The number of hydrogen-bond acceptors (Lipinski definition) is 2. The summed E-state index contributed by atoms with van der Waals surface area (Å²) in [7, 11) is 0. The molecule has 210 valence electrons. The number of ether oxygens (including phenoxy) is 1. The first-order valence-corrected chi connectivity index (χ1v) is 16.1. The van der Waals surface area contributed by atoms with Crippen molar-refractivity contribution in [3.63, 3.8) is 0 Å². The molecular formula is C34H48Cl2O2. The molecule has 3 fully saturated rings. The number of halogens is 2. The highest BCUT2D eigenvalue weighted by Crippen LogP contribution is 2.67. The van der Waals surface area contributed by atoms with Crippen LogP contribution < -0.4 is 0 Å². The fraction of sp³-hybridized carbons (Fsp3) is 0.735. The normalized spacial score (nSPS) is 37.2. The summed E-state index contributed by atoms with van der Waals surface area (Å²) in [5.74, 6) is 4.71. The van der Waals surface area contributed by atoms with E-state index in [-0.39, 0.29) is 17.5 Å². The van der Waals surface area contributed by atoms with Crippen LogP contribution in [0.1, 0.15) is 116 Å². The summed E-state index contributed by atoms with van der Waals surface area (Å²) in [6, 6.07) is 4.98. The van der Waals surface area contributed by atoms with Gasteiger partial charge < -0.3 is 4.74 Å². The molecule has 5 rings (SSSR count). The van der Waals surface area contributed by atoms with Crippen LogP contribution in [0.2, 0.25) is 10.0 Å². The summed E-state index contributed by atoms with van der Waals surface area (Å²) in [5, 5.41) is 0.886. The van der Waals surface area contributed by atoms with E-state index in [0.717, 1.165) is 54.8 Å². The molecule has 4 aliphatic carbocycles. The van der Waals surface area contributed by atoms with Gasteiger partial charge in [0.05, 0.1) is 10.6 Å². The van der Waals surface area contributed by atoms with Crippen LogP contribution in [0, 0.1) is 46.3 Å². The van der Waals surface area contributed by atoms with E-state index in [0.29, 0.717) is 21.0 Å². The summed E-state index contributed by atoms with van der Waals surface area (Å²) in [4.78, 5) is 12.9. The zero-order chi connectivity index (χ0) is 27.2. The van der Waals surface area contributed by atoms with Crippen molar-refractivity contribution in [2.75, 3.05) is 0 Å². The number of benzene rings is 1. The average molecular weight is 560 g/mol. The molecule has 1 aromatic rings. The molecule has 8 atom stereocenters. The highest BCUT2D eigenvalue weighted by Gasteiger charge is 2.59. The molecule has 0 aromatic heterocycles. The molecule has 0 spiro atoms. The summed E-state index contributed by atoms with van der Waals surface area (Å²) in [6.07, 6.45) is 16.4. The van der Waals surface area contributed by atoms with Gasteiger partial charge in [0.2, 0.25) is 0 Å². The van der Waals surface area contributed by atoms with Crippen molar-refractivity contribution in [3.8, 4) is 0 Å². The van der Waals surface area contributed by atoms with E-state index in [1.807, 2.05) is 0 Å². The lowest BCUT2D eigenvalue weighted by Gasteiger charge is -2.58. The second kappa shape index (κ2) is 11.1. The van der Waals surface area contributed by atoms with E-state index >= 15 is 0 Å². The molecule has 0 saturated heterocycles. The van der Waals surface area contributed by atoms with Gasteiger partial charge in [0.25, 0.3) is 0 Å². The smallest absolute Gasteiger partial charge is 0.339 e. The molecule has 0 radical (unpaired) electrons. The van der Waals surface area contributed by atoms with Crippen LogP contribution >= 0.6 is 23.2 Å². The van der Waals surface area contributed by atoms with Gasteiger partial charge in [0, 0.05) is 11.4 Å². The highest BCUT2D eigenvalue weighted by atomic mass is 35.5. The first-order valence-electron chi connectivity index (χ1n) is 15.4. The molecule has 4 heteroatoms. The molecule has 1 aromatic carbocycles. The molecule has 0 N–H and O–H groups in total. The summed E-state index contributed by atoms with van der Waals surface area (Å²) >= 11 is 12.3. The lowest BCUT2D eigenvalue weighted by atomic mass is 9.47. The Morgan fingerprint density at radius 3 is 2.55 bits per heavy atom. The zero-order valence-electron chi connectivity index (χ0n) is 24.2. The van der Waals surface area contributed by atoms with E-state index in [2.05, 4.69) is 40.7 Å². The van der Waals surface area contributed by atoms with Crippen LogP contribution in [-0.2, 0) is 4.74 Å². The molecule has 3 saturated carbocycles. The molecular weight excluding hydrogens is 511 g/mol. The van der Waals surface area contributed by atoms with Gasteiger partial charge in [0.15, 0.2) is 0 Å². The van der Waals surface area contributed by atoms with E-state index in [4.69, 9.17) is 27.9 Å². The highest BCUT2D eigenvalue weighted by molar-refractivity contribution is 6.36. The number of carbonyl (C=O) groups excluding carboxylic acids is 1. The maximum absolute atomic E-state index is 12.9. The van der Waals surface area contributed by atoms with Crippen molar-refractivity contribution < 1.29 is 9.53 Å². The predicted molar refractivity (Wildman–Crippen MR) is 159 cm³/mol. The minimum atomic E-state index is -0.331. The molecule has 38 heavy (non-hydrogen) atoms. The minimum Gasteiger partial charge on any atom is -0.458 e. The number of hydrogen-bond donors (Lipinski definition) is 0. The third-order valence-corrected chi connectivity index (χ3v) is 12.2. The van der Waals surface area contributed by atoms with E-state index in [1.165, 1.54) is 51.4 Å². The molecule has 0 bridgehead atoms. The Morgan fingerprint density at radius 2 is 1.82 bits per heavy atom. The molecule has 0 aliphatic heterocycles. The summed E-state index contributed by atoms with van der Waals surface area (Å²) in [6.45, 7) is 12.5. The van der Waals surface area contributed by atoms with Gasteiger partial charge in [0.1, 0.15) is 6.10 Å². The van der Waals surface area contributed by atoms with Crippen LogP contribution in [-0.4, -0.2) is 12.1 Å².